The minimum atomic E-state index is 0.357. The van der Waals surface area contributed by atoms with E-state index in [2.05, 4.69) is 13.8 Å². The second-order valence-electron chi connectivity index (χ2n) is 4.27. The van der Waals surface area contributed by atoms with Gasteiger partial charge in [-0.15, -0.1) is 0 Å². The van der Waals surface area contributed by atoms with Gasteiger partial charge in [0.15, 0.2) is 0 Å². The van der Waals surface area contributed by atoms with Crippen molar-refractivity contribution in [3.05, 3.63) is 23.3 Å². The van der Waals surface area contributed by atoms with E-state index in [1.165, 1.54) is 0 Å². The van der Waals surface area contributed by atoms with E-state index in [4.69, 9.17) is 9.47 Å². The summed E-state index contributed by atoms with van der Waals surface area (Å²) in [6.07, 6.45) is 2.11. The highest BCUT2D eigenvalue weighted by Gasteiger charge is 2.14. The number of aryl methyl sites for hydroxylation is 1. The van der Waals surface area contributed by atoms with E-state index in [1.54, 1.807) is 14.2 Å². The number of benzene rings is 1. The molecule has 0 aromatic heterocycles. The average molecular weight is 236 g/mol. The lowest BCUT2D eigenvalue weighted by Gasteiger charge is -2.17. The van der Waals surface area contributed by atoms with Gasteiger partial charge in [0, 0.05) is 12.0 Å². The van der Waals surface area contributed by atoms with E-state index in [1.807, 2.05) is 12.1 Å². The average Bonchev–Trinajstić information content (AvgIpc) is 2.34. The fraction of sp³-hybridized carbons (Fsp3) is 0.500. The highest BCUT2D eigenvalue weighted by atomic mass is 16.5. The first-order valence-electron chi connectivity index (χ1n) is 5.82. The molecule has 0 atom stereocenters. The molecule has 3 nitrogen and oxygen atoms in total. The maximum absolute atomic E-state index is 10.5. The van der Waals surface area contributed by atoms with Crippen LogP contribution >= 0.6 is 0 Å². The Morgan fingerprint density at radius 1 is 1.24 bits per heavy atom. The van der Waals surface area contributed by atoms with Crippen LogP contribution in [0.15, 0.2) is 12.1 Å². The monoisotopic (exact) mass is 236 g/mol. The predicted molar refractivity (Wildman–Crippen MR) is 68.0 cm³/mol. The summed E-state index contributed by atoms with van der Waals surface area (Å²) in [6, 6.07) is 3.93. The van der Waals surface area contributed by atoms with Crippen molar-refractivity contribution in [2.75, 3.05) is 14.2 Å². The molecule has 0 unspecified atom stereocenters. The van der Waals surface area contributed by atoms with E-state index < -0.39 is 0 Å². The Labute approximate surface area is 103 Å². The molecule has 0 heterocycles. The maximum atomic E-state index is 10.5. The van der Waals surface area contributed by atoms with E-state index in [9.17, 15) is 4.79 Å². The lowest BCUT2D eigenvalue weighted by Crippen LogP contribution is -2.01. The predicted octanol–water partition coefficient (Wildman–Crippen LogP) is 2.96. The Morgan fingerprint density at radius 3 is 2.41 bits per heavy atom. The maximum Gasteiger partial charge on any atom is 0.125 e. The third-order valence-electron chi connectivity index (χ3n) is 2.76. The summed E-state index contributed by atoms with van der Waals surface area (Å²) in [4.78, 5) is 10.5. The number of methoxy groups -OCH3 is 2. The van der Waals surface area contributed by atoms with Gasteiger partial charge in [-0.2, -0.15) is 0 Å². The van der Waals surface area contributed by atoms with Crippen LogP contribution < -0.4 is 9.47 Å². The zero-order chi connectivity index (χ0) is 12.8. The third kappa shape index (κ3) is 3.22. The van der Waals surface area contributed by atoms with E-state index in [0.29, 0.717) is 18.8 Å². The van der Waals surface area contributed by atoms with Crippen molar-refractivity contribution in [1.82, 2.24) is 0 Å². The van der Waals surface area contributed by atoms with Crippen LogP contribution in [0.2, 0.25) is 0 Å². The Bertz CT molecular complexity index is 383. The summed E-state index contributed by atoms with van der Waals surface area (Å²) < 4.78 is 10.7. The molecule has 1 aromatic carbocycles. The minimum absolute atomic E-state index is 0.357. The first kappa shape index (κ1) is 13.6. The molecule has 0 saturated carbocycles. The van der Waals surface area contributed by atoms with Crippen LogP contribution in [-0.2, 0) is 11.2 Å². The molecule has 0 amide bonds. The number of carbonyl (C=O) groups is 1. The molecule has 0 aliphatic carbocycles. The molecule has 1 aromatic rings. The number of hydrogen-bond donors (Lipinski definition) is 0. The van der Waals surface area contributed by atoms with Gasteiger partial charge in [0.1, 0.15) is 17.8 Å². The molecule has 3 heteroatoms. The van der Waals surface area contributed by atoms with Crippen LogP contribution in [0.4, 0.5) is 0 Å². The molecular formula is C14H20O3. The molecule has 0 aliphatic heterocycles. The van der Waals surface area contributed by atoms with Gasteiger partial charge in [0.05, 0.1) is 14.2 Å². The van der Waals surface area contributed by atoms with Crippen LogP contribution in [0.5, 0.6) is 11.5 Å². The summed E-state index contributed by atoms with van der Waals surface area (Å²) in [5.74, 6) is 2.05. The molecule has 94 valence electrons. The summed E-state index contributed by atoms with van der Waals surface area (Å²) >= 11 is 0. The normalized spacial score (nSPS) is 10.4. The first-order valence-corrected chi connectivity index (χ1v) is 5.82. The van der Waals surface area contributed by atoms with Crippen molar-refractivity contribution >= 4 is 6.29 Å². The number of hydrogen-bond acceptors (Lipinski definition) is 3. The molecule has 0 aliphatic rings. The Morgan fingerprint density at radius 2 is 1.94 bits per heavy atom. The largest absolute Gasteiger partial charge is 0.497 e. The van der Waals surface area contributed by atoms with Crippen molar-refractivity contribution in [1.29, 1.82) is 0 Å². The van der Waals surface area contributed by atoms with Crippen LogP contribution in [0, 0.1) is 0 Å². The van der Waals surface area contributed by atoms with Gasteiger partial charge in [0.25, 0.3) is 0 Å². The summed E-state index contributed by atoms with van der Waals surface area (Å²) in [7, 11) is 3.31. The number of carbonyl (C=O) groups excluding carboxylic acids is 1. The molecule has 1 rings (SSSR count). The van der Waals surface area contributed by atoms with Gasteiger partial charge in [0.2, 0.25) is 0 Å². The van der Waals surface area contributed by atoms with Gasteiger partial charge < -0.3 is 14.3 Å². The number of rotatable bonds is 6. The van der Waals surface area contributed by atoms with E-state index in [0.717, 1.165) is 28.9 Å². The molecule has 0 saturated heterocycles. The van der Waals surface area contributed by atoms with Crippen molar-refractivity contribution in [2.45, 2.75) is 32.6 Å². The summed E-state index contributed by atoms with van der Waals surface area (Å²) in [5, 5.41) is 0. The van der Waals surface area contributed by atoms with E-state index >= 15 is 0 Å². The van der Waals surface area contributed by atoms with Crippen molar-refractivity contribution in [3.63, 3.8) is 0 Å². The fourth-order valence-electron chi connectivity index (χ4n) is 1.88. The Balaban J connectivity index is 3.23. The number of aldehydes is 1. The van der Waals surface area contributed by atoms with Crippen LogP contribution in [-0.4, -0.2) is 20.5 Å². The van der Waals surface area contributed by atoms with Gasteiger partial charge in [-0.1, -0.05) is 13.8 Å². The molecule has 17 heavy (non-hydrogen) atoms. The summed E-state index contributed by atoms with van der Waals surface area (Å²) in [5.41, 5.74) is 2.15. The Hall–Kier alpha value is -1.51. The van der Waals surface area contributed by atoms with Crippen molar-refractivity contribution in [3.8, 4) is 11.5 Å². The van der Waals surface area contributed by atoms with Gasteiger partial charge in [-0.05, 0) is 30.0 Å². The Kier molecular flexibility index (Phi) is 5.01. The van der Waals surface area contributed by atoms with Crippen LogP contribution in [0.1, 0.15) is 37.3 Å². The highest BCUT2D eigenvalue weighted by Crippen LogP contribution is 2.34. The van der Waals surface area contributed by atoms with Gasteiger partial charge in [-0.25, -0.2) is 0 Å². The number of ether oxygens (including phenoxy) is 2. The standard InChI is InChI=1S/C14H20O3/c1-10(2)13-9-12(16-3)8-11(6-5-7-15)14(13)17-4/h7-10H,5-6H2,1-4H3. The van der Waals surface area contributed by atoms with Gasteiger partial charge >= 0.3 is 0 Å². The highest BCUT2D eigenvalue weighted by molar-refractivity contribution is 5.53. The third-order valence-corrected chi connectivity index (χ3v) is 2.76. The molecular weight excluding hydrogens is 216 g/mol. The lowest BCUT2D eigenvalue weighted by molar-refractivity contribution is -0.107. The van der Waals surface area contributed by atoms with Gasteiger partial charge in [-0.3, -0.25) is 0 Å². The fourth-order valence-corrected chi connectivity index (χ4v) is 1.88. The molecule has 0 fully saturated rings. The topological polar surface area (TPSA) is 35.5 Å². The van der Waals surface area contributed by atoms with Crippen molar-refractivity contribution < 1.29 is 14.3 Å². The zero-order valence-electron chi connectivity index (χ0n) is 10.9. The molecule has 0 radical (unpaired) electrons. The first-order chi connectivity index (χ1) is 8.13. The second kappa shape index (κ2) is 6.28. The lowest BCUT2D eigenvalue weighted by atomic mass is 9.96. The zero-order valence-corrected chi connectivity index (χ0v) is 10.9. The molecule has 0 spiro atoms. The summed E-state index contributed by atoms with van der Waals surface area (Å²) in [6.45, 7) is 4.22. The SMILES string of the molecule is COc1cc(CCC=O)c(OC)c(C(C)C)c1. The second-order valence-corrected chi connectivity index (χ2v) is 4.27. The minimum Gasteiger partial charge on any atom is -0.497 e. The van der Waals surface area contributed by atoms with Crippen molar-refractivity contribution in [2.24, 2.45) is 0 Å². The van der Waals surface area contributed by atoms with Crippen LogP contribution in [0.25, 0.3) is 0 Å². The molecule has 0 bridgehead atoms. The van der Waals surface area contributed by atoms with E-state index in [-0.39, 0.29) is 0 Å². The van der Waals surface area contributed by atoms with Crippen LogP contribution in [0.3, 0.4) is 0 Å². The smallest absolute Gasteiger partial charge is 0.125 e. The molecule has 0 N–H and O–H groups in total. The quantitative estimate of drug-likeness (QED) is 0.712.